The lowest BCUT2D eigenvalue weighted by atomic mass is 9.88. The standard InChI is InChI=1S/C18H28N2O3/c1-14-5-6-16(15(2)11-14)23-12-17(21)19-13-18(20(3)4)7-9-22-10-8-18/h5-6,11H,7-10,12-13H2,1-4H3,(H,19,21). The van der Waals surface area contributed by atoms with Gasteiger partial charge in [0.05, 0.1) is 0 Å². The van der Waals surface area contributed by atoms with Gasteiger partial charge in [0, 0.05) is 25.3 Å². The fraction of sp³-hybridized carbons (Fsp3) is 0.611. The van der Waals surface area contributed by atoms with Gasteiger partial charge in [-0.3, -0.25) is 4.79 Å². The van der Waals surface area contributed by atoms with Crippen LogP contribution in [0.3, 0.4) is 0 Å². The lowest BCUT2D eigenvalue weighted by Crippen LogP contribution is -2.56. The summed E-state index contributed by atoms with van der Waals surface area (Å²) >= 11 is 0. The Morgan fingerprint density at radius 1 is 1.30 bits per heavy atom. The number of nitrogens with one attached hydrogen (secondary N) is 1. The number of aryl methyl sites for hydroxylation is 2. The molecule has 0 saturated carbocycles. The molecule has 2 rings (SSSR count). The van der Waals surface area contributed by atoms with Crippen molar-refractivity contribution < 1.29 is 14.3 Å². The molecule has 0 aliphatic carbocycles. The van der Waals surface area contributed by atoms with Gasteiger partial charge in [-0.1, -0.05) is 17.7 Å². The van der Waals surface area contributed by atoms with Gasteiger partial charge in [0.2, 0.25) is 0 Å². The fourth-order valence-corrected chi connectivity index (χ4v) is 2.95. The minimum absolute atomic E-state index is 0.0202. The molecular formula is C18H28N2O3. The van der Waals surface area contributed by atoms with Crippen LogP contribution in [0, 0.1) is 13.8 Å². The molecule has 5 heteroatoms. The van der Waals surface area contributed by atoms with E-state index in [-0.39, 0.29) is 18.1 Å². The molecule has 0 radical (unpaired) electrons. The van der Waals surface area contributed by atoms with Crippen molar-refractivity contribution in [3.63, 3.8) is 0 Å². The summed E-state index contributed by atoms with van der Waals surface area (Å²) in [5, 5.41) is 3.01. The van der Waals surface area contributed by atoms with Crippen LogP contribution >= 0.6 is 0 Å². The molecule has 0 atom stereocenters. The van der Waals surface area contributed by atoms with Crippen molar-refractivity contribution in [1.29, 1.82) is 0 Å². The smallest absolute Gasteiger partial charge is 0.258 e. The van der Waals surface area contributed by atoms with Gasteiger partial charge < -0.3 is 19.7 Å². The first-order valence-electron chi connectivity index (χ1n) is 8.15. The van der Waals surface area contributed by atoms with E-state index in [1.807, 2.05) is 26.0 Å². The molecule has 23 heavy (non-hydrogen) atoms. The molecule has 1 aromatic rings. The third kappa shape index (κ3) is 4.69. The van der Waals surface area contributed by atoms with E-state index in [1.54, 1.807) is 0 Å². The summed E-state index contributed by atoms with van der Waals surface area (Å²) in [4.78, 5) is 14.3. The van der Waals surface area contributed by atoms with E-state index in [4.69, 9.17) is 9.47 Å². The highest BCUT2D eigenvalue weighted by Gasteiger charge is 2.35. The topological polar surface area (TPSA) is 50.8 Å². The molecule has 1 fully saturated rings. The zero-order valence-corrected chi connectivity index (χ0v) is 14.6. The maximum Gasteiger partial charge on any atom is 0.258 e. The number of ether oxygens (including phenoxy) is 2. The highest BCUT2D eigenvalue weighted by Crippen LogP contribution is 2.25. The van der Waals surface area contributed by atoms with Gasteiger partial charge >= 0.3 is 0 Å². The molecule has 1 N–H and O–H groups in total. The second-order valence-electron chi connectivity index (χ2n) is 6.57. The molecule has 1 heterocycles. The second kappa shape index (κ2) is 7.79. The first kappa shape index (κ1) is 17.8. The van der Waals surface area contributed by atoms with Gasteiger partial charge in [-0.25, -0.2) is 0 Å². The number of benzene rings is 1. The van der Waals surface area contributed by atoms with Crippen molar-refractivity contribution in [1.82, 2.24) is 10.2 Å². The van der Waals surface area contributed by atoms with Gasteiger partial charge in [0.25, 0.3) is 5.91 Å². The summed E-state index contributed by atoms with van der Waals surface area (Å²) in [6.45, 7) is 6.18. The minimum Gasteiger partial charge on any atom is -0.484 e. The summed E-state index contributed by atoms with van der Waals surface area (Å²) in [6, 6.07) is 5.96. The highest BCUT2D eigenvalue weighted by molar-refractivity contribution is 5.77. The largest absolute Gasteiger partial charge is 0.484 e. The average molecular weight is 320 g/mol. The molecular weight excluding hydrogens is 292 g/mol. The lowest BCUT2D eigenvalue weighted by molar-refractivity contribution is -0.124. The number of amides is 1. The second-order valence-corrected chi connectivity index (χ2v) is 6.57. The third-order valence-corrected chi connectivity index (χ3v) is 4.68. The Morgan fingerprint density at radius 2 is 2.00 bits per heavy atom. The number of hydrogen-bond acceptors (Lipinski definition) is 4. The van der Waals surface area contributed by atoms with E-state index in [1.165, 1.54) is 5.56 Å². The van der Waals surface area contributed by atoms with Crippen molar-refractivity contribution in [2.24, 2.45) is 0 Å². The Hall–Kier alpha value is -1.59. The van der Waals surface area contributed by atoms with E-state index in [9.17, 15) is 4.79 Å². The van der Waals surface area contributed by atoms with Gasteiger partial charge in [0.15, 0.2) is 6.61 Å². The molecule has 0 aromatic heterocycles. The van der Waals surface area contributed by atoms with E-state index < -0.39 is 0 Å². The van der Waals surface area contributed by atoms with Gasteiger partial charge in [-0.05, 0) is 52.4 Å². The first-order chi connectivity index (χ1) is 10.9. The van der Waals surface area contributed by atoms with Crippen LogP contribution in [0.25, 0.3) is 0 Å². The normalized spacial score (nSPS) is 17.1. The maximum absolute atomic E-state index is 12.1. The van der Waals surface area contributed by atoms with E-state index in [0.29, 0.717) is 6.54 Å². The van der Waals surface area contributed by atoms with Crippen molar-refractivity contribution in [3.8, 4) is 5.75 Å². The number of hydrogen-bond donors (Lipinski definition) is 1. The van der Waals surface area contributed by atoms with Crippen LogP contribution in [-0.2, 0) is 9.53 Å². The zero-order valence-electron chi connectivity index (χ0n) is 14.6. The Labute approximate surface area is 139 Å². The van der Waals surface area contributed by atoms with Crippen LogP contribution < -0.4 is 10.1 Å². The number of nitrogens with zero attached hydrogens (tertiary/aromatic N) is 1. The van der Waals surface area contributed by atoms with Gasteiger partial charge in [-0.2, -0.15) is 0 Å². The minimum atomic E-state index is -0.0855. The zero-order chi connectivity index (χ0) is 16.9. The Morgan fingerprint density at radius 3 is 2.61 bits per heavy atom. The van der Waals surface area contributed by atoms with E-state index in [0.717, 1.165) is 37.4 Å². The molecule has 0 bridgehead atoms. The first-order valence-corrected chi connectivity index (χ1v) is 8.15. The van der Waals surface area contributed by atoms with Crippen LogP contribution in [0.5, 0.6) is 5.75 Å². The summed E-state index contributed by atoms with van der Waals surface area (Å²) in [5.74, 6) is 0.678. The summed E-state index contributed by atoms with van der Waals surface area (Å²) in [7, 11) is 4.12. The molecule has 1 saturated heterocycles. The number of rotatable bonds is 6. The monoisotopic (exact) mass is 320 g/mol. The molecule has 0 spiro atoms. The molecule has 1 aliphatic rings. The number of carbonyl (C=O) groups is 1. The number of carbonyl (C=O) groups excluding carboxylic acids is 1. The van der Waals surface area contributed by atoms with Crippen LogP contribution in [0.15, 0.2) is 18.2 Å². The Kier molecular flexibility index (Phi) is 6.02. The van der Waals surface area contributed by atoms with Gasteiger partial charge in [-0.15, -0.1) is 0 Å². The Bertz CT molecular complexity index is 537. The van der Waals surface area contributed by atoms with Crippen LogP contribution in [0.1, 0.15) is 24.0 Å². The van der Waals surface area contributed by atoms with Crippen molar-refractivity contribution in [2.75, 3.05) is 40.5 Å². The fourth-order valence-electron chi connectivity index (χ4n) is 2.95. The predicted molar refractivity (Wildman–Crippen MR) is 90.9 cm³/mol. The molecule has 0 unspecified atom stereocenters. The van der Waals surface area contributed by atoms with Crippen molar-refractivity contribution in [3.05, 3.63) is 29.3 Å². The Balaban J connectivity index is 1.84. The predicted octanol–water partition coefficient (Wildman–Crippen LogP) is 1.91. The summed E-state index contributed by atoms with van der Waals surface area (Å²) in [5.41, 5.74) is 2.21. The van der Waals surface area contributed by atoms with Crippen LogP contribution in [-0.4, -0.2) is 56.8 Å². The molecule has 1 aliphatic heterocycles. The third-order valence-electron chi connectivity index (χ3n) is 4.68. The molecule has 1 amide bonds. The summed E-state index contributed by atoms with van der Waals surface area (Å²) in [6.07, 6.45) is 1.86. The number of likely N-dealkylation sites (N-methyl/N-ethyl adjacent to an activating group) is 1. The van der Waals surface area contributed by atoms with Crippen LogP contribution in [0.4, 0.5) is 0 Å². The average Bonchev–Trinajstić information content (AvgIpc) is 2.53. The van der Waals surface area contributed by atoms with E-state index >= 15 is 0 Å². The van der Waals surface area contributed by atoms with Crippen molar-refractivity contribution >= 4 is 5.91 Å². The van der Waals surface area contributed by atoms with Crippen LogP contribution in [0.2, 0.25) is 0 Å². The highest BCUT2D eigenvalue weighted by atomic mass is 16.5. The SMILES string of the molecule is Cc1ccc(OCC(=O)NCC2(N(C)C)CCOCC2)c(C)c1. The quantitative estimate of drug-likeness (QED) is 0.870. The molecule has 128 valence electrons. The lowest BCUT2D eigenvalue weighted by Gasteiger charge is -2.42. The van der Waals surface area contributed by atoms with Gasteiger partial charge in [0.1, 0.15) is 5.75 Å². The van der Waals surface area contributed by atoms with Crippen molar-refractivity contribution in [2.45, 2.75) is 32.2 Å². The molecule has 5 nitrogen and oxygen atoms in total. The maximum atomic E-state index is 12.1. The van der Waals surface area contributed by atoms with E-state index in [2.05, 4.69) is 30.4 Å². The summed E-state index contributed by atoms with van der Waals surface area (Å²) < 4.78 is 11.1. The molecule has 1 aromatic carbocycles.